The minimum atomic E-state index is -0.133. The third-order valence-corrected chi connectivity index (χ3v) is 3.00. The molecule has 0 saturated heterocycles. The van der Waals surface area contributed by atoms with Gasteiger partial charge in [0.2, 0.25) is 0 Å². The van der Waals surface area contributed by atoms with Crippen molar-refractivity contribution < 1.29 is 10.2 Å². The van der Waals surface area contributed by atoms with E-state index in [0.29, 0.717) is 11.5 Å². The van der Waals surface area contributed by atoms with Crippen molar-refractivity contribution in [1.29, 1.82) is 0 Å². The monoisotopic (exact) mass is 223 g/mol. The highest BCUT2D eigenvalue weighted by molar-refractivity contribution is 5.50. The van der Waals surface area contributed by atoms with E-state index < -0.39 is 0 Å². The Morgan fingerprint density at radius 1 is 1.25 bits per heavy atom. The standard InChI is InChI=1S/C13H21NO2/c1-3-10(4-2)8-14-12-5-6-13(16)11(7-12)9-15/h5-7,10,14-16H,3-4,8-9H2,1-2H3. The van der Waals surface area contributed by atoms with E-state index in [2.05, 4.69) is 19.2 Å². The third-order valence-electron chi connectivity index (χ3n) is 3.00. The molecule has 3 heteroatoms. The Bertz CT molecular complexity index is 322. The molecule has 1 aromatic rings. The molecular weight excluding hydrogens is 202 g/mol. The van der Waals surface area contributed by atoms with Crippen molar-refractivity contribution in [2.45, 2.75) is 33.3 Å². The molecule has 0 aliphatic rings. The first-order valence-corrected chi connectivity index (χ1v) is 5.87. The average molecular weight is 223 g/mol. The van der Waals surface area contributed by atoms with E-state index in [1.807, 2.05) is 6.07 Å². The fraction of sp³-hybridized carbons (Fsp3) is 0.538. The number of nitrogens with one attached hydrogen (secondary N) is 1. The van der Waals surface area contributed by atoms with Gasteiger partial charge >= 0.3 is 0 Å². The normalized spacial score (nSPS) is 10.8. The summed E-state index contributed by atoms with van der Waals surface area (Å²) in [5.41, 5.74) is 1.52. The molecule has 1 rings (SSSR count). The fourth-order valence-electron chi connectivity index (χ4n) is 1.66. The molecule has 3 nitrogen and oxygen atoms in total. The number of hydrogen-bond acceptors (Lipinski definition) is 3. The Morgan fingerprint density at radius 3 is 2.50 bits per heavy atom. The summed E-state index contributed by atoms with van der Waals surface area (Å²) in [7, 11) is 0. The number of rotatable bonds is 6. The Labute approximate surface area is 97.1 Å². The lowest BCUT2D eigenvalue weighted by Gasteiger charge is -2.15. The summed E-state index contributed by atoms with van der Waals surface area (Å²) in [5, 5.41) is 21.8. The second-order valence-electron chi connectivity index (χ2n) is 4.07. The molecule has 0 bridgehead atoms. The van der Waals surface area contributed by atoms with Crippen LogP contribution in [0.5, 0.6) is 5.75 Å². The van der Waals surface area contributed by atoms with E-state index in [0.717, 1.165) is 25.1 Å². The summed E-state index contributed by atoms with van der Waals surface area (Å²) in [6.45, 7) is 5.17. The lowest BCUT2D eigenvalue weighted by Crippen LogP contribution is -2.12. The van der Waals surface area contributed by atoms with Crippen molar-refractivity contribution in [3.63, 3.8) is 0 Å². The van der Waals surface area contributed by atoms with Gasteiger partial charge in [-0.2, -0.15) is 0 Å². The van der Waals surface area contributed by atoms with Gasteiger partial charge in [0.1, 0.15) is 5.75 Å². The highest BCUT2D eigenvalue weighted by atomic mass is 16.3. The number of benzene rings is 1. The number of hydrogen-bond donors (Lipinski definition) is 3. The van der Waals surface area contributed by atoms with Crippen LogP contribution in [0.3, 0.4) is 0 Å². The maximum absolute atomic E-state index is 9.42. The van der Waals surface area contributed by atoms with Gasteiger partial charge in [-0.1, -0.05) is 26.7 Å². The number of anilines is 1. The van der Waals surface area contributed by atoms with Crippen LogP contribution in [0.4, 0.5) is 5.69 Å². The molecule has 0 unspecified atom stereocenters. The van der Waals surface area contributed by atoms with Crippen LogP contribution in [0, 0.1) is 5.92 Å². The molecule has 1 aromatic carbocycles. The molecular formula is C13H21NO2. The van der Waals surface area contributed by atoms with E-state index in [9.17, 15) is 5.11 Å². The van der Waals surface area contributed by atoms with Crippen molar-refractivity contribution in [3.8, 4) is 5.75 Å². The smallest absolute Gasteiger partial charge is 0.121 e. The molecule has 0 aliphatic heterocycles. The summed E-state index contributed by atoms with van der Waals surface area (Å²) in [5.74, 6) is 0.821. The van der Waals surface area contributed by atoms with Gasteiger partial charge in [-0.05, 0) is 24.1 Å². The topological polar surface area (TPSA) is 52.5 Å². The molecule has 0 atom stereocenters. The molecule has 3 N–H and O–H groups in total. The molecule has 0 radical (unpaired) electrons. The largest absolute Gasteiger partial charge is 0.508 e. The van der Waals surface area contributed by atoms with Gasteiger partial charge in [0.15, 0.2) is 0 Å². The zero-order valence-corrected chi connectivity index (χ0v) is 10.0. The minimum absolute atomic E-state index is 0.133. The highest BCUT2D eigenvalue weighted by Gasteiger charge is 2.04. The van der Waals surface area contributed by atoms with Gasteiger partial charge in [0.05, 0.1) is 6.61 Å². The second kappa shape index (κ2) is 6.38. The van der Waals surface area contributed by atoms with Gasteiger partial charge in [0, 0.05) is 17.8 Å². The number of aliphatic hydroxyl groups excluding tert-OH is 1. The lowest BCUT2D eigenvalue weighted by atomic mass is 10.0. The second-order valence-corrected chi connectivity index (χ2v) is 4.07. The van der Waals surface area contributed by atoms with Crippen LogP contribution in [-0.4, -0.2) is 16.8 Å². The Morgan fingerprint density at radius 2 is 1.94 bits per heavy atom. The summed E-state index contributed by atoms with van der Waals surface area (Å²) < 4.78 is 0. The molecule has 0 heterocycles. The molecule has 0 aromatic heterocycles. The fourth-order valence-corrected chi connectivity index (χ4v) is 1.66. The van der Waals surface area contributed by atoms with E-state index in [-0.39, 0.29) is 12.4 Å². The number of aromatic hydroxyl groups is 1. The van der Waals surface area contributed by atoms with Gasteiger partial charge in [0.25, 0.3) is 0 Å². The molecule has 0 aliphatic carbocycles. The molecule has 90 valence electrons. The zero-order chi connectivity index (χ0) is 12.0. The summed E-state index contributed by atoms with van der Waals surface area (Å²) in [6, 6.07) is 5.23. The van der Waals surface area contributed by atoms with Crippen LogP contribution >= 0.6 is 0 Å². The number of phenols is 1. The quantitative estimate of drug-likeness (QED) is 0.650. The van der Waals surface area contributed by atoms with Gasteiger partial charge < -0.3 is 15.5 Å². The van der Waals surface area contributed by atoms with Gasteiger partial charge in [-0.15, -0.1) is 0 Å². The van der Waals surface area contributed by atoms with Crippen LogP contribution in [0.1, 0.15) is 32.3 Å². The molecule has 0 fully saturated rings. The summed E-state index contributed by atoms with van der Waals surface area (Å²) in [6.07, 6.45) is 2.32. The van der Waals surface area contributed by atoms with Gasteiger partial charge in [-0.25, -0.2) is 0 Å². The van der Waals surface area contributed by atoms with Crippen LogP contribution < -0.4 is 5.32 Å². The summed E-state index contributed by atoms with van der Waals surface area (Å²) in [4.78, 5) is 0. The Hall–Kier alpha value is -1.22. The first-order chi connectivity index (χ1) is 7.71. The van der Waals surface area contributed by atoms with Crippen molar-refractivity contribution in [2.75, 3.05) is 11.9 Å². The van der Waals surface area contributed by atoms with Crippen molar-refractivity contribution >= 4 is 5.69 Å². The molecule has 0 amide bonds. The SMILES string of the molecule is CCC(CC)CNc1ccc(O)c(CO)c1. The van der Waals surface area contributed by atoms with E-state index in [4.69, 9.17) is 5.11 Å². The van der Waals surface area contributed by atoms with Gasteiger partial charge in [-0.3, -0.25) is 0 Å². The Balaban J connectivity index is 2.60. The highest BCUT2D eigenvalue weighted by Crippen LogP contribution is 2.21. The van der Waals surface area contributed by atoms with Crippen LogP contribution in [-0.2, 0) is 6.61 Å². The first-order valence-electron chi connectivity index (χ1n) is 5.87. The molecule has 0 spiro atoms. The lowest BCUT2D eigenvalue weighted by molar-refractivity contribution is 0.275. The van der Waals surface area contributed by atoms with Crippen molar-refractivity contribution in [1.82, 2.24) is 0 Å². The zero-order valence-electron chi connectivity index (χ0n) is 10.0. The van der Waals surface area contributed by atoms with Crippen LogP contribution in [0.2, 0.25) is 0 Å². The minimum Gasteiger partial charge on any atom is -0.508 e. The molecule has 16 heavy (non-hydrogen) atoms. The molecule has 0 saturated carbocycles. The summed E-state index contributed by atoms with van der Waals surface area (Å²) >= 11 is 0. The predicted molar refractivity (Wildman–Crippen MR) is 66.6 cm³/mol. The van der Waals surface area contributed by atoms with Crippen molar-refractivity contribution in [2.24, 2.45) is 5.92 Å². The average Bonchev–Trinajstić information content (AvgIpc) is 2.32. The van der Waals surface area contributed by atoms with E-state index in [1.165, 1.54) is 0 Å². The van der Waals surface area contributed by atoms with E-state index >= 15 is 0 Å². The van der Waals surface area contributed by atoms with Crippen molar-refractivity contribution in [3.05, 3.63) is 23.8 Å². The van der Waals surface area contributed by atoms with Crippen LogP contribution in [0.15, 0.2) is 18.2 Å². The maximum atomic E-state index is 9.42. The van der Waals surface area contributed by atoms with Crippen LogP contribution in [0.25, 0.3) is 0 Å². The first kappa shape index (κ1) is 12.8. The van der Waals surface area contributed by atoms with E-state index in [1.54, 1.807) is 12.1 Å². The number of aliphatic hydroxyl groups is 1. The third kappa shape index (κ3) is 3.42. The maximum Gasteiger partial charge on any atom is 0.121 e. The Kier molecular flexibility index (Phi) is 5.12. The predicted octanol–water partition coefficient (Wildman–Crippen LogP) is 2.73.